The van der Waals surface area contributed by atoms with Crippen molar-refractivity contribution in [2.75, 3.05) is 79.3 Å². The van der Waals surface area contributed by atoms with Gasteiger partial charge in [0.2, 0.25) is 0 Å². The molecule has 0 saturated heterocycles. The van der Waals surface area contributed by atoms with Gasteiger partial charge in [0.25, 0.3) is 0 Å². The number of carbonyl (C=O) groups excluding carboxylic acids is 2. The van der Waals surface area contributed by atoms with Gasteiger partial charge in [-0.2, -0.15) is 0 Å². The molecule has 2 atom stereocenters. The molecule has 0 rings (SSSR count). The molecule has 0 spiro atoms. The van der Waals surface area contributed by atoms with Gasteiger partial charge in [0.1, 0.15) is 18.3 Å². The summed E-state index contributed by atoms with van der Waals surface area (Å²) in [7, 11) is 0. The molecule has 11 heteroatoms. The van der Waals surface area contributed by atoms with Crippen molar-refractivity contribution >= 4 is 11.9 Å². The second-order valence-electron chi connectivity index (χ2n) is 21.0. The third-order valence-corrected chi connectivity index (χ3v) is 13.9. The molecule has 436 valence electrons. The lowest BCUT2D eigenvalue weighted by molar-refractivity contribution is -0.151. The van der Waals surface area contributed by atoms with Gasteiger partial charge in [0, 0.05) is 26.1 Å². The van der Waals surface area contributed by atoms with Crippen molar-refractivity contribution in [3.05, 3.63) is 0 Å². The Balaban J connectivity index is 4.62. The first-order valence-corrected chi connectivity index (χ1v) is 31.5. The van der Waals surface area contributed by atoms with Crippen LogP contribution in [0.25, 0.3) is 0 Å². The zero-order chi connectivity index (χ0) is 53.0. The van der Waals surface area contributed by atoms with E-state index in [9.17, 15) is 9.59 Å². The number of hydrogen-bond acceptors (Lipinski definition) is 11. The van der Waals surface area contributed by atoms with Crippen molar-refractivity contribution in [3.63, 3.8) is 0 Å². The minimum Gasteiger partial charge on any atom is -0.462 e. The Hall–Kier alpha value is -1.34. The molecule has 1 N–H and O–H groups in total. The highest BCUT2D eigenvalue weighted by molar-refractivity contribution is 5.69. The van der Waals surface area contributed by atoms with E-state index in [2.05, 4.69) is 27.7 Å². The van der Waals surface area contributed by atoms with Crippen LogP contribution in [0.5, 0.6) is 0 Å². The molecule has 2 unspecified atom stereocenters. The summed E-state index contributed by atoms with van der Waals surface area (Å²) >= 11 is 0. The standard InChI is InChI=1S/C62H122O11/c1-5-9-13-17-21-27-35-43-59(42-34-26-20-16-12-8-4)73-61(64)44-36-28-22-30-38-47-69-56-60(57-70-55-54-68-53-52-67-51-50-66-49-46-63)71-48-39-31-23-29-37-45-62(65)72-58(40-32-24-18-14-10-6-2)41-33-25-19-15-11-7-3/h58-60,63H,5-57H2,1-4H3. The Morgan fingerprint density at radius 2 is 0.589 bits per heavy atom. The molecule has 0 bridgehead atoms. The first-order valence-electron chi connectivity index (χ1n) is 31.5. The van der Waals surface area contributed by atoms with Crippen LogP contribution in [-0.2, 0) is 47.5 Å². The number of aliphatic hydroxyl groups is 1. The monoisotopic (exact) mass is 1040 g/mol. The van der Waals surface area contributed by atoms with E-state index >= 15 is 0 Å². The molecule has 73 heavy (non-hydrogen) atoms. The van der Waals surface area contributed by atoms with E-state index in [1.165, 1.54) is 141 Å². The van der Waals surface area contributed by atoms with Gasteiger partial charge in [-0.05, 0) is 77.0 Å². The zero-order valence-corrected chi connectivity index (χ0v) is 48.7. The van der Waals surface area contributed by atoms with Gasteiger partial charge in [0.05, 0.1) is 66.1 Å². The average Bonchev–Trinajstić information content (AvgIpc) is 3.39. The predicted octanol–water partition coefficient (Wildman–Crippen LogP) is 16.3. The van der Waals surface area contributed by atoms with Gasteiger partial charge < -0.3 is 43.0 Å². The van der Waals surface area contributed by atoms with E-state index in [-0.39, 0.29) is 36.9 Å². The van der Waals surface area contributed by atoms with E-state index < -0.39 is 0 Å². The molecule has 0 aromatic rings. The number of aliphatic hydroxyl groups excluding tert-OH is 1. The summed E-state index contributed by atoms with van der Waals surface area (Å²) in [5.41, 5.74) is 0. The minimum atomic E-state index is -0.153. The van der Waals surface area contributed by atoms with Crippen LogP contribution < -0.4 is 0 Å². The summed E-state index contributed by atoms with van der Waals surface area (Å²) in [6, 6.07) is 0. The summed E-state index contributed by atoms with van der Waals surface area (Å²) in [4.78, 5) is 25.8. The quantitative estimate of drug-likeness (QED) is 0.0462. The molecular formula is C62H122O11. The SMILES string of the molecule is CCCCCCCCCC(CCCCCCCC)OC(=O)CCCCCCCOCC(COCCOCCOCCOCCO)OCCCCCCCC(=O)OC(CCCCCCCC)CCCCCCCC. The zero-order valence-electron chi connectivity index (χ0n) is 48.7. The fourth-order valence-electron chi connectivity index (χ4n) is 9.25. The van der Waals surface area contributed by atoms with E-state index in [0.717, 1.165) is 109 Å². The third-order valence-electron chi connectivity index (χ3n) is 13.9. The van der Waals surface area contributed by atoms with Gasteiger partial charge in [-0.3, -0.25) is 9.59 Å². The Morgan fingerprint density at radius 1 is 0.301 bits per heavy atom. The van der Waals surface area contributed by atoms with Crippen molar-refractivity contribution in [2.24, 2.45) is 0 Å². The number of unbranched alkanes of at least 4 members (excludes halogenated alkanes) is 29. The van der Waals surface area contributed by atoms with Crippen molar-refractivity contribution in [3.8, 4) is 0 Å². The topological polar surface area (TPSA) is 128 Å². The normalized spacial score (nSPS) is 12.5. The molecule has 0 aliphatic heterocycles. The highest BCUT2D eigenvalue weighted by Crippen LogP contribution is 2.20. The van der Waals surface area contributed by atoms with Crippen molar-refractivity contribution < 1.29 is 52.6 Å². The first kappa shape index (κ1) is 71.7. The maximum Gasteiger partial charge on any atom is 0.306 e. The predicted molar refractivity (Wildman–Crippen MR) is 303 cm³/mol. The third kappa shape index (κ3) is 56.7. The molecular weight excluding hydrogens is 921 g/mol. The minimum absolute atomic E-state index is 0.00839. The van der Waals surface area contributed by atoms with Crippen LogP contribution in [0.15, 0.2) is 0 Å². The van der Waals surface area contributed by atoms with E-state index in [0.29, 0.717) is 85.5 Å². The second kappa shape index (κ2) is 61.5. The molecule has 11 nitrogen and oxygen atoms in total. The van der Waals surface area contributed by atoms with Gasteiger partial charge in [-0.15, -0.1) is 0 Å². The maximum atomic E-state index is 12.9. The fourth-order valence-corrected chi connectivity index (χ4v) is 9.25. The molecule has 0 aliphatic carbocycles. The fraction of sp³-hybridized carbons (Fsp3) is 0.968. The summed E-state index contributed by atoms with van der Waals surface area (Å²) in [5, 5.41) is 8.79. The maximum absolute atomic E-state index is 12.9. The van der Waals surface area contributed by atoms with Crippen LogP contribution in [0.4, 0.5) is 0 Å². The lowest BCUT2D eigenvalue weighted by Crippen LogP contribution is -2.27. The van der Waals surface area contributed by atoms with Crippen LogP contribution in [-0.4, -0.2) is 115 Å². The first-order chi connectivity index (χ1) is 36.0. The summed E-state index contributed by atoms with van der Waals surface area (Å²) in [6.07, 6.45) is 47.0. The molecule has 0 aromatic carbocycles. The largest absolute Gasteiger partial charge is 0.462 e. The lowest BCUT2D eigenvalue weighted by Gasteiger charge is -2.19. The lowest BCUT2D eigenvalue weighted by atomic mass is 10.0. The van der Waals surface area contributed by atoms with Gasteiger partial charge >= 0.3 is 11.9 Å². The number of rotatable bonds is 63. The van der Waals surface area contributed by atoms with Gasteiger partial charge in [0.15, 0.2) is 0 Å². The van der Waals surface area contributed by atoms with Gasteiger partial charge in [-0.25, -0.2) is 0 Å². The number of hydrogen-bond donors (Lipinski definition) is 1. The summed E-state index contributed by atoms with van der Waals surface area (Å²) in [6.45, 7) is 14.5. The van der Waals surface area contributed by atoms with Crippen molar-refractivity contribution in [2.45, 2.75) is 309 Å². The summed E-state index contributed by atoms with van der Waals surface area (Å²) in [5.74, 6) is -0.0218. The molecule has 0 aliphatic rings. The number of esters is 2. The van der Waals surface area contributed by atoms with Crippen LogP contribution in [0.2, 0.25) is 0 Å². The smallest absolute Gasteiger partial charge is 0.306 e. The number of carbonyl (C=O) groups is 2. The van der Waals surface area contributed by atoms with E-state index in [1.54, 1.807) is 0 Å². The Bertz CT molecular complexity index is 1060. The molecule has 0 radical (unpaired) electrons. The molecule has 0 heterocycles. The Morgan fingerprint density at radius 3 is 0.959 bits per heavy atom. The van der Waals surface area contributed by atoms with Crippen LogP contribution in [0.1, 0.15) is 291 Å². The Kier molecular flexibility index (Phi) is 60.4. The number of ether oxygens (including phenoxy) is 8. The van der Waals surface area contributed by atoms with Crippen LogP contribution in [0.3, 0.4) is 0 Å². The van der Waals surface area contributed by atoms with E-state index in [1.807, 2.05) is 0 Å². The Labute approximate surface area is 451 Å². The highest BCUT2D eigenvalue weighted by atomic mass is 16.6. The summed E-state index contributed by atoms with van der Waals surface area (Å²) < 4.78 is 46.9. The van der Waals surface area contributed by atoms with E-state index in [4.69, 9.17) is 43.0 Å². The van der Waals surface area contributed by atoms with Crippen LogP contribution in [0, 0.1) is 0 Å². The van der Waals surface area contributed by atoms with Crippen molar-refractivity contribution in [1.29, 1.82) is 0 Å². The van der Waals surface area contributed by atoms with Gasteiger partial charge in [-0.1, -0.05) is 201 Å². The average molecular weight is 1040 g/mol. The van der Waals surface area contributed by atoms with Crippen molar-refractivity contribution in [1.82, 2.24) is 0 Å². The molecule has 0 fully saturated rings. The molecule has 0 aromatic heterocycles. The molecule has 0 saturated carbocycles. The van der Waals surface area contributed by atoms with Crippen LogP contribution >= 0.6 is 0 Å². The molecule has 0 amide bonds. The highest BCUT2D eigenvalue weighted by Gasteiger charge is 2.16. The second-order valence-corrected chi connectivity index (χ2v) is 21.0.